The molecule has 2 heteroatoms. The minimum Gasteiger partial charge on any atom is -0.390 e. The molecule has 0 radical (unpaired) electrons. The van der Waals surface area contributed by atoms with Crippen LogP contribution >= 0.6 is 0 Å². The Kier molecular flexibility index (Phi) is 5.94. The lowest BCUT2D eigenvalue weighted by Gasteiger charge is -2.13. The van der Waals surface area contributed by atoms with Crippen molar-refractivity contribution in [3.8, 4) is 0 Å². The van der Waals surface area contributed by atoms with E-state index >= 15 is 0 Å². The van der Waals surface area contributed by atoms with Gasteiger partial charge in [-0.25, -0.2) is 0 Å². The predicted molar refractivity (Wildman–Crippen MR) is 50.6 cm³/mol. The summed E-state index contributed by atoms with van der Waals surface area (Å²) >= 11 is 0. The van der Waals surface area contributed by atoms with Gasteiger partial charge in [-0.1, -0.05) is 14.0 Å². The van der Waals surface area contributed by atoms with Gasteiger partial charge in [0.15, 0.2) is 0 Å². The molecule has 66 valence electrons. The molecular formula is C9H20N2. The lowest BCUT2D eigenvalue weighted by Crippen LogP contribution is -2.27. The number of nitrogens with one attached hydrogen (secondary N) is 1. The first-order valence-corrected chi connectivity index (χ1v) is 4.00. The molecule has 1 aliphatic heterocycles. The molecule has 2 nitrogen and oxygen atoms in total. The van der Waals surface area contributed by atoms with Crippen LogP contribution in [0.5, 0.6) is 0 Å². The lowest BCUT2D eigenvalue weighted by molar-refractivity contribution is 0.342. The summed E-state index contributed by atoms with van der Waals surface area (Å²) in [6, 6.07) is 0. The van der Waals surface area contributed by atoms with Crippen LogP contribution in [0.1, 0.15) is 20.3 Å². The number of rotatable bonds is 4. The summed E-state index contributed by atoms with van der Waals surface area (Å²) in [5.41, 5.74) is 0. The maximum atomic E-state index is 3.60. The molecule has 0 aliphatic carbocycles. The fraction of sp³-hybridized carbons (Fsp3) is 0.778. The van der Waals surface area contributed by atoms with Gasteiger partial charge in [0.1, 0.15) is 0 Å². The first-order chi connectivity index (χ1) is 4.93. The lowest BCUT2D eigenvalue weighted by atomic mass is 10.4. The summed E-state index contributed by atoms with van der Waals surface area (Å²) in [7, 11) is 0. The summed E-state index contributed by atoms with van der Waals surface area (Å²) in [6.07, 6.45) is 4.53. The molecular weight excluding hydrogens is 136 g/mol. The van der Waals surface area contributed by atoms with E-state index in [1.807, 2.05) is 0 Å². The van der Waals surface area contributed by atoms with Crippen molar-refractivity contribution in [1.82, 2.24) is 10.2 Å². The Hall–Kier alpha value is -0.500. The largest absolute Gasteiger partial charge is 0.390 e. The molecule has 1 heterocycles. The quantitative estimate of drug-likeness (QED) is 0.620. The second-order valence-electron chi connectivity index (χ2n) is 2.71. The van der Waals surface area contributed by atoms with Gasteiger partial charge in [-0.2, -0.15) is 0 Å². The van der Waals surface area contributed by atoms with Crippen LogP contribution in [-0.2, 0) is 0 Å². The zero-order chi connectivity index (χ0) is 7.23. The van der Waals surface area contributed by atoms with Gasteiger partial charge in [0.05, 0.1) is 0 Å². The third-order valence-corrected chi connectivity index (χ3v) is 1.92. The van der Waals surface area contributed by atoms with Crippen LogP contribution in [0.3, 0.4) is 0 Å². The first-order valence-electron chi connectivity index (χ1n) is 4.00. The molecule has 0 spiro atoms. The van der Waals surface area contributed by atoms with Crippen LogP contribution in [0.15, 0.2) is 12.8 Å². The normalized spacial score (nSPS) is 17.5. The van der Waals surface area contributed by atoms with Gasteiger partial charge in [-0.3, -0.25) is 0 Å². The second-order valence-corrected chi connectivity index (χ2v) is 2.71. The summed E-state index contributed by atoms with van der Waals surface area (Å²) < 4.78 is 0. The highest BCUT2D eigenvalue weighted by Gasteiger charge is 2.09. The number of hydrogen-bond acceptors (Lipinski definition) is 2. The molecule has 0 aromatic rings. The van der Waals surface area contributed by atoms with Gasteiger partial charge >= 0.3 is 0 Å². The minimum absolute atomic E-state index is 0. The molecule has 0 unspecified atom stereocenters. The van der Waals surface area contributed by atoms with Crippen LogP contribution in [0.4, 0.5) is 0 Å². The van der Waals surface area contributed by atoms with E-state index in [0.717, 1.165) is 6.54 Å². The Morgan fingerprint density at radius 1 is 1.36 bits per heavy atom. The molecule has 1 fully saturated rings. The maximum absolute atomic E-state index is 3.60. The van der Waals surface area contributed by atoms with E-state index in [2.05, 4.69) is 16.8 Å². The zero-order valence-electron chi connectivity index (χ0n) is 6.47. The molecule has 0 saturated carbocycles. The molecule has 1 aliphatic rings. The van der Waals surface area contributed by atoms with Crippen molar-refractivity contribution in [3.05, 3.63) is 12.8 Å². The Labute approximate surface area is 70.3 Å². The van der Waals surface area contributed by atoms with Crippen LogP contribution in [0.25, 0.3) is 0 Å². The SMILES string of the molecule is C.C=CNCCN1CCCC1. The summed E-state index contributed by atoms with van der Waals surface area (Å²) in [6.45, 7) is 8.39. The van der Waals surface area contributed by atoms with Crippen LogP contribution in [0.2, 0.25) is 0 Å². The van der Waals surface area contributed by atoms with E-state index in [0.29, 0.717) is 0 Å². The molecule has 0 atom stereocenters. The minimum atomic E-state index is 0. The van der Waals surface area contributed by atoms with Crippen LogP contribution < -0.4 is 5.32 Å². The second kappa shape index (κ2) is 6.23. The van der Waals surface area contributed by atoms with Gasteiger partial charge in [0, 0.05) is 13.1 Å². The third kappa shape index (κ3) is 4.04. The summed E-state index contributed by atoms with van der Waals surface area (Å²) in [4.78, 5) is 2.48. The van der Waals surface area contributed by atoms with E-state index in [1.54, 1.807) is 6.20 Å². The van der Waals surface area contributed by atoms with Crippen molar-refractivity contribution >= 4 is 0 Å². The van der Waals surface area contributed by atoms with Gasteiger partial charge in [-0.15, -0.1) is 0 Å². The number of nitrogens with zero attached hydrogens (tertiary/aromatic N) is 1. The van der Waals surface area contributed by atoms with Crippen molar-refractivity contribution in [3.63, 3.8) is 0 Å². The predicted octanol–water partition coefficient (Wildman–Crippen LogP) is 1.45. The molecule has 1 saturated heterocycles. The van der Waals surface area contributed by atoms with Crippen molar-refractivity contribution in [1.29, 1.82) is 0 Å². The fourth-order valence-electron chi connectivity index (χ4n) is 1.33. The highest BCUT2D eigenvalue weighted by Crippen LogP contribution is 2.05. The van der Waals surface area contributed by atoms with Gasteiger partial charge in [0.2, 0.25) is 0 Å². The summed E-state index contributed by atoms with van der Waals surface area (Å²) in [5.74, 6) is 0. The van der Waals surface area contributed by atoms with Gasteiger partial charge < -0.3 is 10.2 Å². The summed E-state index contributed by atoms with van der Waals surface area (Å²) in [5, 5.41) is 3.10. The molecule has 11 heavy (non-hydrogen) atoms. The molecule has 0 aromatic heterocycles. The van der Waals surface area contributed by atoms with E-state index in [9.17, 15) is 0 Å². The smallest absolute Gasteiger partial charge is 0.0269 e. The highest BCUT2D eigenvalue weighted by atomic mass is 15.1. The van der Waals surface area contributed by atoms with E-state index < -0.39 is 0 Å². The number of hydrogen-bond donors (Lipinski definition) is 1. The maximum Gasteiger partial charge on any atom is 0.0269 e. The fourth-order valence-corrected chi connectivity index (χ4v) is 1.33. The molecule has 0 bridgehead atoms. The van der Waals surface area contributed by atoms with Crippen molar-refractivity contribution in [2.75, 3.05) is 26.2 Å². The standard InChI is InChI=1S/C8H16N2.CH4/c1-2-9-5-8-10-6-3-4-7-10;/h2,9H,1,3-8H2;1H4. The topological polar surface area (TPSA) is 15.3 Å². The molecule has 1 rings (SSSR count). The molecule has 0 aromatic carbocycles. The Morgan fingerprint density at radius 3 is 2.55 bits per heavy atom. The zero-order valence-corrected chi connectivity index (χ0v) is 6.47. The molecule has 1 N–H and O–H groups in total. The Balaban J connectivity index is 0.000001000. The first kappa shape index (κ1) is 10.5. The van der Waals surface area contributed by atoms with Gasteiger partial charge in [0.25, 0.3) is 0 Å². The van der Waals surface area contributed by atoms with Crippen LogP contribution in [0, 0.1) is 0 Å². The van der Waals surface area contributed by atoms with Crippen molar-refractivity contribution < 1.29 is 0 Å². The highest BCUT2D eigenvalue weighted by molar-refractivity contribution is 4.69. The molecule has 0 amide bonds. The number of likely N-dealkylation sites (tertiary alicyclic amines) is 1. The third-order valence-electron chi connectivity index (χ3n) is 1.92. The monoisotopic (exact) mass is 156 g/mol. The van der Waals surface area contributed by atoms with Crippen molar-refractivity contribution in [2.24, 2.45) is 0 Å². The Bertz CT molecular complexity index is 95.7. The van der Waals surface area contributed by atoms with Crippen LogP contribution in [-0.4, -0.2) is 31.1 Å². The van der Waals surface area contributed by atoms with E-state index in [4.69, 9.17) is 0 Å². The average Bonchev–Trinajstić information content (AvgIpc) is 2.41. The van der Waals surface area contributed by atoms with Crippen molar-refractivity contribution in [2.45, 2.75) is 20.3 Å². The Morgan fingerprint density at radius 2 is 2.00 bits per heavy atom. The van der Waals surface area contributed by atoms with E-state index in [-0.39, 0.29) is 7.43 Å². The average molecular weight is 156 g/mol. The van der Waals surface area contributed by atoms with E-state index in [1.165, 1.54) is 32.5 Å². The van der Waals surface area contributed by atoms with Gasteiger partial charge in [-0.05, 0) is 32.1 Å².